The van der Waals surface area contributed by atoms with E-state index in [0.717, 1.165) is 28.1 Å². The number of hydrogen-bond acceptors (Lipinski definition) is 8. The van der Waals surface area contributed by atoms with E-state index < -0.39 is 0 Å². The van der Waals surface area contributed by atoms with Crippen LogP contribution in [-0.4, -0.2) is 62.5 Å². The van der Waals surface area contributed by atoms with Gasteiger partial charge in [-0.25, -0.2) is 14.9 Å². The van der Waals surface area contributed by atoms with Crippen LogP contribution in [0.25, 0.3) is 22.6 Å². The molecule has 0 atom stereocenters. The summed E-state index contributed by atoms with van der Waals surface area (Å²) >= 11 is 0. The monoisotopic (exact) mass is 463 g/mol. The molecule has 0 spiro atoms. The van der Waals surface area contributed by atoms with E-state index in [1.807, 2.05) is 54.2 Å². The lowest BCUT2D eigenvalue weighted by Crippen LogP contribution is -2.73. The lowest BCUT2D eigenvalue weighted by molar-refractivity contribution is -0.825. The minimum absolute atomic E-state index is 0. The van der Waals surface area contributed by atoms with Gasteiger partial charge in [0.05, 0.1) is 36.7 Å². The Balaban J connectivity index is 0.00000274. The maximum atomic E-state index is 9.27. The van der Waals surface area contributed by atoms with Crippen LogP contribution < -0.4 is 10.2 Å². The molecule has 0 unspecified atom stereocenters. The fraction of sp³-hybridized carbons (Fsp3) is 0.143. The first kappa shape index (κ1) is 22.7. The van der Waals surface area contributed by atoms with Gasteiger partial charge in [0.25, 0.3) is 0 Å². The Morgan fingerprint density at radius 1 is 1.06 bits per heavy atom. The maximum Gasteiger partial charge on any atom is 0.178 e. The van der Waals surface area contributed by atoms with Crippen molar-refractivity contribution in [3.05, 3.63) is 72.7 Å². The average molecular weight is 463 g/mol. The van der Waals surface area contributed by atoms with E-state index in [0.29, 0.717) is 29.5 Å². The third-order valence-electron chi connectivity index (χ3n) is 5.11. The summed E-state index contributed by atoms with van der Waals surface area (Å²) in [6.45, 7) is 2.25. The van der Waals surface area contributed by atoms with E-state index >= 15 is 0 Å². The first-order valence-corrected chi connectivity index (χ1v) is 10.1. The molecule has 34 heavy (non-hydrogen) atoms. The summed E-state index contributed by atoms with van der Waals surface area (Å²) in [7, 11) is 1.63. The SMILES string of the molecule is COc1cc(-c2cn(Cc3nnnn3-c3cccc([NH2+]O)c3)nn2)ccc1-n1cnc(C)c1.O. The highest BCUT2D eigenvalue weighted by Gasteiger charge is 2.14. The Kier molecular flexibility index (Phi) is 6.40. The number of rotatable bonds is 7. The zero-order valence-electron chi connectivity index (χ0n) is 18.4. The summed E-state index contributed by atoms with van der Waals surface area (Å²) in [6, 6.07) is 13.1. The molecule has 5 N–H and O–H groups in total. The van der Waals surface area contributed by atoms with Crippen LogP contribution in [0.5, 0.6) is 5.75 Å². The number of nitrogens with zero attached hydrogens (tertiary/aromatic N) is 9. The third-order valence-corrected chi connectivity index (χ3v) is 5.11. The van der Waals surface area contributed by atoms with Crippen molar-refractivity contribution in [2.24, 2.45) is 0 Å². The number of benzene rings is 2. The van der Waals surface area contributed by atoms with Gasteiger partial charge in [0.1, 0.15) is 18.0 Å². The second-order valence-corrected chi connectivity index (χ2v) is 7.34. The predicted molar refractivity (Wildman–Crippen MR) is 119 cm³/mol. The van der Waals surface area contributed by atoms with Gasteiger partial charge in [0.15, 0.2) is 11.5 Å². The molecule has 0 aliphatic heterocycles. The van der Waals surface area contributed by atoms with Crippen LogP contribution in [0.3, 0.4) is 0 Å². The Bertz CT molecular complexity index is 1410. The van der Waals surface area contributed by atoms with E-state index in [1.165, 1.54) is 0 Å². The average Bonchev–Trinajstić information content (AvgIpc) is 3.60. The van der Waals surface area contributed by atoms with Crippen LogP contribution in [0.4, 0.5) is 5.69 Å². The van der Waals surface area contributed by atoms with Crippen LogP contribution in [-0.2, 0) is 6.54 Å². The van der Waals surface area contributed by atoms with Crippen molar-refractivity contribution in [2.45, 2.75) is 13.5 Å². The second-order valence-electron chi connectivity index (χ2n) is 7.34. The van der Waals surface area contributed by atoms with Gasteiger partial charge in [-0.3, -0.25) is 0 Å². The summed E-state index contributed by atoms with van der Waals surface area (Å²) in [4.78, 5) is 4.28. The minimum atomic E-state index is 0. The molecule has 3 heterocycles. The number of aryl methyl sites for hydroxylation is 1. The molecule has 0 amide bonds. The highest BCUT2D eigenvalue weighted by Crippen LogP contribution is 2.29. The summed E-state index contributed by atoms with van der Waals surface area (Å²) in [5.74, 6) is 1.27. The molecule has 13 heteroatoms. The summed E-state index contributed by atoms with van der Waals surface area (Å²) in [6.07, 6.45) is 5.51. The molecule has 5 rings (SSSR count). The largest absolute Gasteiger partial charge is 0.495 e. The number of imidazole rings is 1. The van der Waals surface area contributed by atoms with Crippen LogP contribution in [0.2, 0.25) is 0 Å². The molecule has 0 radical (unpaired) electrons. The quantitative estimate of drug-likeness (QED) is 0.255. The molecule has 0 bridgehead atoms. The van der Waals surface area contributed by atoms with E-state index in [2.05, 4.69) is 30.8 Å². The summed E-state index contributed by atoms with van der Waals surface area (Å²) in [5, 5.41) is 29.8. The van der Waals surface area contributed by atoms with Gasteiger partial charge >= 0.3 is 0 Å². The number of aromatic nitrogens is 9. The van der Waals surface area contributed by atoms with Crippen molar-refractivity contribution in [2.75, 3.05) is 7.11 Å². The molecule has 5 aromatic rings. The Morgan fingerprint density at radius 2 is 1.94 bits per heavy atom. The van der Waals surface area contributed by atoms with Gasteiger partial charge in [0, 0.05) is 23.9 Å². The summed E-state index contributed by atoms with van der Waals surface area (Å²) < 4.78 is 10.8. The van der Waals surface area contributed by atoms with Crippen molar-refractivity contribution < 1.29 is 20.9 Å². The van der Waals surface area contributed by atoms with E-state index in [9.17, 15) is 5.21 Å². The number of methoxy groups -OCH3 is 1. The van der Waals surface area contributed by atoms with Crippen molar-refractivity contribution in [1.82, 2.24) is 44.8 Å². The molecule has 0 fully saturated rings. The predicted octanol–water partition coefficient (Wildman–Crippen LogP) is 0.231. The number of hydrogen-bond donors (Lipinski definition) is 2. The van der Waals surface area contributed by atoms with Crippen molar-refractivity contribution in [1.29, 1.82) is 0 Å². The third kappa shape index (κ3) is 4.38. The minimum Gasteiger partial charge on any atom is -0.495 e. The lowest BCUT2D eigenvalue weighted by Gasteiger charge is -2.10. The summed E-state index contributed by atoms with van der Waals surface area (Å²) in [5.41, 5.74) is 5.78. The zero-order chi connectivity index (χ0) is 22.8. The van der Waals surface area contributed by atoms with Gasteiger partial charge < -0.3 is 14.8 Å². The van der Waals surface area contributed by atoms with Gasteiger partial charge in [-0.15, -0.1) is 10.2 Å². The normalized spacial score (nSPS) is 10.8. The maximum absolute atomic E-state index is 9.27. The first-order chi connectivity index (χ1) is 16.1. The fourth-order valence-electron chi connectivity index (χ4n) is 3.50. The van der Waals surface area contributed by atoms with Crippen LogP contribution >= 0.6 is 0 Å². The highest BCUT2D eigenvalue weighted by atomic mass is 16.5. The van der Waals surface area contributed by atoms with Gasteiger partial charge in [-0.1, -0.05) is 17.3 Å². The molecule has 3 aromatic heterocycles. The van der Waals surface area contributed by atoms with Crippen LogP contribution in [0.1, 0.15) is 11.5 Å². The van der Waals surface area contributed by atoms with E-state index in [1.54, 1.807) is 34.9 Å². The molecule has 0 aliphatic carbocycles. The molecule has 0 saturated heterocycles. The second kappa shape index (κ2) is 9.58. The number of tetrazole rings is 1. The lowest BCUT2D eigenvalue weighted by atomic mass is 10.1. The zero-order valence-corrected chi connectivity index (χ0v) is 18.4. The van der Waals surface area contributed by atoms with Crippen molar-refractivity contribution >= 4 is 5.69 Å². The molecular formula is C21H23N10O3+. The van der Waals surface area contributed by atoms with E-state index in [4.69, 9.17) is 4.74 Å². The molecule has 0 aliphatic rings. The molecule has 13 nitrogen and oxygen atoms in total. The highest BCUT2D eigenvalue weighted by molar-refractivity contribution is 5.64. The molecular weight excluding hydrogens is 440 g/mol. The number of ether oxygens (including phenoxy) is 1. The van der Waals surface area contributed by atoms with Gasteiger partial charge in [-0.2, -0.15) is 10.2 Å². The van der Waals surface area contributed by atoms with Gasteiger partial charge in [0.2, 0.25) is 0 Å². The number of quaternary nitrogens is 1. The van der Waals surface area contributed by atoms with Crippen LogP contribution in [0, 0.1) is 6.92 Å². The fourth-order valence-corrected chi connectivity index (χ4v) is 3.50. The Labute approximate surface area is 193 Å². The molecule has 2 aromatic carbocycles. The van der Waals surface area contributed by atoms with Crippen LogP contribution in [0.15, 0.2) is 61.2 Å². The number of nitrogens with two attached hydrogens (primary N) is 1. The molecule has 0 saturated carbocycles. The Hall–Kier alpha value is -4.46. The van der Waals surface area contributed by atoms with Crippen molar-refractivity contribution in [3.8, 4) is 28.4 Å². The van der Waals surface area contributed by atoms with Crippen molar-refractivity contribution in [3.63, 3.8) is 0 Å². The van der Waals surface area contributed by atoms with Gasteiger partial charge in [-0.05, 0) is 35.5 Å². The standard InChI is InChI=1S/C21H20N10O2.H2O/c1-14-10-29(13-22-14)19-7-6-15(8-20(19)33-2)18-11-30(27-23-18)12-21-24-26-28-31(21)17-5-3-4-16(9-17)25-32;/h3-11,13,25,32H,12H2,1-2H3;1H2/p+1. The topological polar surface area (TPSA) is 170 Å². The smallest absolute Gasteiger partial charge is 0.178 e. The van der Waals surface area contributed by atoms with E-state index in [-0.39, 0.29) is 5.48 Å². The Morgan fingerprint density at radius 3 is 2.71 bits per heavy atom. The molecule has 174 valence electrons. The first-order valence-electron chi connectivity index (χ1n) is 10.1.